The van der Waals surface area contributed by atoms with Crippen LogP contribution in [0.3, 0.4) is 0 Å². The van der Waals surface area contributed by atoms with Crippen molar-refractivity contribution in [2.24, 2.45) is 5.73 Å². The van der Waals surface area contributed by atoms with Crippen LogP contribution < -0.4 is 10.5 Å². The van der Waals surface area contributed by atoms with Crippen LogP contribution in [0.4, 0.5) is 0 Å². The Labute approximate surface area is 145 Å². The third-order valence-corrected chi connectivity index (χ3v) is 4.20. The van der Waals surface area contributed by atoms with E-state index in [1.165, 1.54) is 6.33 Å². The molecular weight excluding hydrogens is 318 g/mol. The Morgan fingerprint density at radius 2 is 2.04 bits per heavy atom. The second kappa shape index (κ2) is 7.36. The van der Waals surface area contributed by atoms with E-state index in [1.807, 2.05) is 36.4 Å². The molecule has 0 saturated carbocycles. The van der Waals surface area contributed by atoms with Crippen molar-refractivity contribution in [2.45, 2.75) is 25.5 Å². The Bertz CT molecular complexity index is 873. The highest BCUT2D eigenvalue weighted by Crippen LogP contribution is 2.22. The molecule has 130 valence electrons. The lowest BCUT2D eigenvalue weighted by molar-refractivity contribution is 0.0993. The number of rotatable bonds is 7. The predicted molar refractivity (Wildman–Crippen MR) is 95.5 cm³/mol. The van der Waals surface area contributed by atoms with E-state index >= 15 is 0 Å². The molecule has 2 aromatic carbocycles. The van der Waals surface area contributed by atoms with Crippen LogP contribution in [0.15, 0.2) is 55.0 Å². The number of carbonyl (C=O) groups is 1. The highest BCUT2D eigenvalue weighted by molar-refractivity contribution is 5.90. The van der Waals surface area contributed by atoms with Gasteiger partial charge in [-0.15, -0.1) is 0 Å². The van der Waals surface area contributed by atoms with Gasteiger partial charge in [-0.3, -0.25) is 4.79 Å². The lowest BCUT2D eigenvalue weighted by Crippen LogP contribution is -2.23. The number of imidazole rings is 1. The standard InChI is InChI=1S/C19H21N3O3/c1-13(23)18(22-11-17(19(20)24)21-12-22)8-9-25-16-7-6-14-4-2-3-5-15(14)10-16/h2-7,10-13,18,23H,8-9H2,1H3,(H2,20,24). The van der Waals surface area contributed by atoms with Crippen LogP contribution in [0.2, 0.25) is 0 Å². The summed E-state index contributed by atoms with van der Waals surface area (Å²) in [5, 5.41) is 12.3. The summed E-state index contributed by atoms with van der Waals surface area (Å²) in [5.74, 6) is 0.196. The van der Waals surface area contributed by atoms with Gasteiger partial charge in [-0.05, 0) is 29.8 Å². The van der Waals surface area contributed by atoms with Crippen LogP contribution in [0.5, 0.6) is 5.75 Å². The molecule has 3 aromatic rings. The molecule has 0 aliphatic heterocycles. The number of nitrogens with zero attached hydrogens (tertiary/aromatic N) is 2. The molecule has 1 heterocycles. The molecular formula is C19H21N3O3. The van der Waals surface area contributed by atoms with Crippen molar-refractivity contribution in [2.75, 3.05) is 6.61 Å². The zero-order chi connectivity index (χ0) is 17.8. The van der Waals surface area contributed by atoms with Crippen molar-refractivity contribution in [3.05, 3.63) is 60.7 Å². The van der Waals surface area contributed by atoms with Crippen molar-refractivity contribution >= 4 is 16.7 Å². The summed E-state index contributed by atoms with van der Waals surface area (Å²) in [6, 6.07) is 13.8. The van der Waals surface area contributed by atoms with Crippen LogP contribution >= 0.6 is 0 Å². The normalized spacial score (nSPS) is 13.5. The van der Waals surface area contributed by atoms with Gasteiger partial charge in [0.2, 0.25) is 0 Å². The van der Waals surface area contributed by atoms with Crippen LogP contribution in [-0.2, 0) is 0 Å². The molecule has 0 saturated heterocycles. The van der Waals surface area contributed by atoms with E-state index in [4.69, 9.17) is 10.5 Å². The fraction of sp³-hybridized carbons (Fsp3) is 0.263. The van der Waals surface area contributed by atoms with Crippen LogP contribution in [0, 0.1) is 0 Å². The Morgan fingerprint density at radius 1 is 1.28 bits per heavy atom. The van der Waals surface area contributed by atoms with Gasteiger partial charge < -0.3 is 20.1 Å². The van der Waals surface area contributed by atoms with Crippen LogP contribution in [0.25, 0.3) is 10.8 Å². The monoisotopic (exact) mass is 339 g/mol. The predicted octanol–water partition coefficient (Wildman–Crippen LogP) is 2.53. The summed E-state index contributed by atoms with van der Waals surface area (Å²) in [5.41, 5.74) is 5.40. The number of ether oxygens (including phenoxy) is 1. The number of fused-ring (bicyclic) bond motifs is 1. The minimum Gasteiger partial charge on any atom is -0.493 e. The van der Waals surface area contributed by atoms with Crippen molar-refractivity contribution in [1.82, 2.24) is 9.55 Å². The fourth-order valence-electron chi connectivity index (χ4n) is 2.84. The Kier molecular flexibility index (Phi) is 5.00. The Balaban J connectivity index is 1.65. The molecule has 0 bridgehead atoms. The number of benzene rings is 2. The van der Waals surface area contributed by atoms with Crippen molar-refractivity contribution < 1.29 is 14.6 Å². The number of aliphatic hydroxyl groups excluding tert-OH is 1. The summed E-state index contributed by atoms with van der Waals surface area (Å²) in [6.07, 6.45) is 3.01. The number of nitrogens with two attached hydrogens (primary N) is 1. The SMILES string of the molecule is CC(O)C(CCOc1ccc2ccccc2c1)n1cnc(C(N)=O)c1. The lowest BCUT2D eigenvalue weighted by Gasteiger charge is -2.21. The number of amides is 1. The highest BCUT2D eigenvalue weighted by Gasteiger charge is 2.18. The zero-order valence-corrected chi connectivity index (χ0v) is 14.0. The zero-order valence-electron chi connectivity index (χ0n) is 14.0. The summed E-state index contributed by atoms with van der Waals surface area (Å²) in [4.78, 5) is 15.1. The molecule has 0 aliphatic rings. The topological polar surface area (TPSA) is 90.4 Å². The molecule has 1 amide bonds. The van der Waals surface area contributed by atoms with Gasteiger partial charge in [0, 0.05) is 12.6 Å². The quantitative estimate of drug-likeness (QED) is 0.692. The first-order valence-corrected chi connectivity index (χ1v) is 8.17. The molecule has 0 radical (unpaired) electrons. The molecule has 0 spiro atoms. The molecule has 6 heteroatoms. The van der Waals surface area contributed by atoms with E-state index in [0.717, 1.165) is 16.5 Å². The largest absolute Gasteiger partial charge is 0.493 e. The third kappa shape index (κ3) is 3.97. The number of aliphatic hydroxyl groups is 1. The Hall–Kier alpha value is -2.86. The van der Waals surface area contributed by atoms with Crippen LogP contribution in [-0.4, -0.2) is 33.3 Å². The van der Waals surface area contributed by atoms with Gasteiger partial charge in [0.15, 0.2) is 0 Å². The van der Waals surface area contributed by atoms with E-state index in [1.54, 1.807) is 17.7 Å². The van der Waals surface area contributed by atoms with Gasteiger partial charge in [0.1, 0.15) is 11.4 Å². The Morgan fingerprint density at radius 3 is 2.72 bits per heavy atom. The number of hydrogen-bond acceptors (Lipinski definition) is 4. The van der Waals surface area contributed by atoms with E-state index < -0.39 is 12.0 Å². The number of primary amides is 1. The van der Waals surface area contributed by atoms with Gasteiger partial charge in [0.05, 0.1) is 25.1 Å². The van der Waals surface area contributed by atoms with Crippen molar-refractivity contribution in [1.29, 1.82) is 0 Å². The first kappa shape index (κ1) is 17.0. The second-order valence-corrected chi connectivity index (χ2v) is 6.02. The van der Waals surface area contributed by atoms with Gasteiger partial charge in [-0.25, -0.2) is 4.98 Å². The summed E-state index contributed by atoms with van der Waals surface area (Å²) in [6.45, 7) is 2.13. The second-order valence-electron chi connectivity index (χ2n) is 6.02. The summed E-state index contributed by atoms with van der Waals surface area (Å²) >= 11 is 0. The first-order chi connectivity index (χ1) is 12.0. The molecule has 0 aliphatic carbocycles. The molecule has 1 aromatic heterocycles. The minimum absolute atomic E-state index is 0.182. The number of aromatic nitrogens is 2. The maximum Gasteiger partial charge on any atom is 0.268 e. The summed E-state index contributed by atoms with van der Waals surface area (Å²) < 4.78 is 7.54. The average molecular weight is 339 g/mol. The molecule has 3 rings (SSSR count). The molecule has 2 unspecified atom stereocenters. The first-order valence-electron chi connectivity index (χ1n) is 8.17. The van der Waals surface area contributed by atoms with Gasteiger partial charge in [0.25, 0.3) is 5.91 Å². The van der Waals surface area contributed by atoms with E-state index in [0.29, 0.717) is 13.0 Å². The maximum absolute atomic E-state index is 11.2. The lowest BCUT2D eigenvalue weighted by atomic mass is 10.1. The number of hydrogen-bond donors (Lipinski definition) is 2. The van der Waals surface area contributed by atoms with E-state index in [-0.39, 0.29) is 11.7 Å². The van der Waals surface area contributed by atoms with Gasteiger partial charge in [-0.2, -0.15) is 0 Å². The highest BCUT2D eigenvalue weighted by atomic mass is 16.5. The molecule has 6 nitrogen and oxygen atoms in total. The fourth-order valence-corrected chi connectivity index (χ4v) is 2.84. The van der Waals surface area contributed by atoms with E-state index in [9.17, 15) is 9.90 Å². The van der Waals surface area contributed by atoms with Crippen molar-refractivity contribution in [3.8, 4) is 5.75 Å². The molecule has 2 atom stereocenters. The smallest absolute Gasteiger partial charge is 0.268 e. The summed E-state index contributed by atoms with van der Waals surface area (Å²) in [7, 11) is 0. The average Bonchev–Trinajstić information content (AvgIpc) is 3.08. The molecule has 3 N–H and O–H groups in total. The maximum atomic E-state index is 11.2. The number of carbonyl (C=O) groups excluding carboxylic acids is 1. The van der Waals surface area contributed by atoms with E-state index in [2.05, 4.69) is 11.1 Å². The van der Waals surface area contributed by atoms with Crippen molar-refractivity contribution in [3.63, 3.8) is 0 Å². The van der Waals surface area contributed by atoms with Crippen LogP contribution in [0.1, 0.15) is 29.9 Å². The minimum atomic E-state index is -0.616. The molecule has 25 heavy (non-hydrogen) atoms. The third-order valence-electron chi connectivity index (χ3n) is 4.20. The van der Waals surface area contributed by atoms with Gasteiger partial charge >= 0.3 is 0 Å². The van der Waals surface area contributed by atoms with Gasteiger partial charge in [-0.1, -0.05) is 30.3 Å². The molecule has 0 fully saturated rings.